The molecule has 1 aromatic carbocycles. The maximum absolute atomic E-state index is 12.2. The van der Waals surface area contributed by atoms with Gasteiger partial charge >= 0.3 is 11.8 Å². The summed E-state index contributed by atoms with van der Waals surface area (Å²) >= 11 is 1.32. The van der Waals surface area contributed by atoms with Crippen LogP contribution in [0.15, 0.2) is 59.2 Å². The molecule has 3 aromatic rings. The summed E-state index contributed by atoms with van der Waals surface area (Å²) in [6, 6.07) is 13.8. The predicted molar refractivity (Wildman–Crippen MR) is 116 cm³/mol. The van der Waals surface area contributed by atoms with Gasteiger partial charge in [0.15, 0.2) is 0 Å². The van der Waals surface area contributed by atoms with E-state index in [-0.39, 0.29) is 12.5 Å². The minimum absolute atomic E-state index is 0.0497. The van der Waals surface area contributed by atoms with Crippen LogP contribution in [-0.4, -0.2) is 29.4 Å². The number of thiophene rings is 1. The number of anilines is 2. The van der Waals surface area contributed by atoms with Crippen LogP contribution in [0.2, 0.25) is 0 Å². The molecular weight excluding hydrogens is 418 g/mol. The van der Waals surface area contributed by atoms with E-state index >= 15 is 0 Å². The number of nitrogens with zero attached hydrogens (tertiary/aromatic N) is 1. The number of aliphatic hydroxyl groups excluding tert-OH is 1. The minimum Gasteiger partial charge on any atom is -0.466 e. The smallest absolute Gasteiger partial charge is 0.313 e. The molecule has 2 aromatic heterocycles. The second-order valence-electron chi connectivity index (χ2n) is 7.06. The van der Waals surface area contributed by atoms with Crippen LogP contribution in [0.1, 0.15) is 34.5 Å². The lowest BCUT2D eigenvalue weighted by atomic mass is 10.2. The predicted octanol–water partition coefficient (Wildman–Crippen LogP) is 2.80. The van der Waals surface area contributed by atoms with Crippen molar-refractivity contribution in [1.82, 2.24) is 5.32 Å². The molecule has 3 amide bonds. The van der Waals surface area contributed by atoms with Gasteiger partial charge in [0.05, 0.1) is 12.8 Å². The number of hydrogen-bond donors (Lipinski definition) is 3. The van der Waals surface area contributed by atoms with Crippen molar-refractivity contribution in [3.05, 3.63) is 70.3 Å². The zero-order valence-electron chi connectivity index (χ0n) is 16.5. The largest absolute Gasteiger partial charge is 0.466 e. The number of benzene rings is 1. The van der Waals surface area contributed by atoms with E-state index in [0.29, 0.717) is 35.0 Å². The molecule has 1 fully saturated rings. The molecule has 4 rings (SSSR count). The van der Waals surface area contributed by atoms with Gasteiger partial charge in [0.1, 0.15) is 11.9 Å². The molecule has 9 heteroatoms. The zero-order valence-corrected chi connectivity index (χ0v) is 17.4. The summed E-state index contributed by atoms with van der Waals surface area (Å²) < 4.78 is 5.20. The van der Waals surface area contributed by atoms with Gasteiger partial charge in [-0.1, -0.05) is 6.07 Å². The van der Waals surface area contributed by atoms with Crippen molar-refractivity contribution in [2.24, 2.45) is 0 Å². The molecule has 0 spiro atoms. The summed E-state index contributed by atoms with van der Waals surface area (Å²) in [5, 5.41) is 15.4. The summed E-state index contributed by atoms with van der Waals surface area (Å²) in [7, 11) is 0. The van der Waals surface area contributed by atoms with Crippen molar-refractivity contribution in [3.8, 4) is 0 Å². The Kier molecular flexibility index (Phi) is 6.15. The lowest BCUT2D eigenvalue weighted by Crippen LogP contribution is -2.34. The molecule has 0 aliphatic carbocycles. The highest BCUT2D eigenvalue weighted by Gasteiger charge is 2.22. The number of carbonyl (C=O) groups is 3. The summed E-state index contributed by atoms with van der Waals surface area (Å²) in [4.78, 5) is 39.5. The Morgan fingerprint density at radius 2 is 2.03 bits per heavy atom. The Hall–Kier alpha value is -3.43. The number of aliphatic hydroxyl groups is 1. The first kappa shape index (κ1) is 20.8. The average molecular weight is 439 g/mol. The highest BCUT2D eigenvalue weighted by atomic mass is 32.1. The fraction of sp³-hybridized carbons (Fsp3) is 0.227. The molecule has 0 radical (unpaired) electrons. The molecule has 0 bridgehead atoms. The zero-order chi connectivity index (χ0) is 21.8. The second-order valence-corrected chi connectivity index (χ2v) is 8.26. The number of nitrogens with one attached hydrogen (secondary N) is 2. The third kappa shape index (κ3) is 4.84. The highest BCUT2D eigenvalue weighted by Crippen LogP contribution is 2.28. The molecule has 1 aliphatic heterocycles. The summed E-state index contributed by atoms with van der Waals surface area (Å²) in [5.41, 5.74) is 1.14. The van der Waals surface area contributed by atoms with Gasteiger partial charge in [0.2, 0.25) is 5.91 Å². The molecule has 3 heterocycles. The second kappa shape index (κ2) is 9.15. The molecule has 8 nitrogen and oxygen atoms in total. The van der Waals surface area contributed by atoms with Crippen molar-refractivity contribution >= 4 is 40.4 Å². The van der Waals surface area contributed by atoms with E-state index in [1.54, 1.807) is 53.4 Å². The van der Waals surface area contributed by atoms with E-state index < -0.39 is 17.9 Å². The Balaban J connectivity index is 1.31. The van der Waals surface area contributed by atoms with E-state index in [0.717, 1.165) is 11.3 Å². The van der Waals surface area contributed by atoms with Crippen molar-refractivity contribution < 1.29 is 23.9 Å². The fourth-order valence-electron chi connectivity index (χ4n) is 3.33. The number of hydrogen-bond acceptors (Lipinski definition) is 6. The van der Waals surface area contributed by atoms with Gasteiger partial charge in [-0.2, -0.15) is 0 Å². The van der Waals surface area contributed by atoms with E-state index in [1.165, 1.54) is 17.6 Å². The topological polar surface area (TPSA) is 112 Å². The van der Waals surface area contributed by atoms with Gasteiger partial charge in [-0.3, -0.25) is 14.4 Å². The third-order valence-corrected chi connectivity index (χ3v) is 6.02. The summed E-state index contributed by atoms with van der Waals surface area (Å²) in [6.07, 6.45) is 1.94. The maximum atomic E-state index is 12.2. The Labute approximate surface area is 182 Å². The molecule has 160 valence electrons. The Bertz CT molecular complexity index is 1090. The molecule has 0 saturated carbocycles. The first-order valence-corrected chi connectivity index (χ1v) is 10.6. The third-order valence-electron chi connectivity index (χ3n) is 4.88. The van der Waals surface area contributed by atoms with Gasteiger partial charge in [0, 0.05) is 34.1 Å². The van der Waals surface area contributed by atoms with Crippen LogP contribution in [-0.2, 0) is 20.9 Å². The van der Waals surface area contributed by atoms with Crippen LogP contribution in [0.5, 0.6) is 0 Å². The lowest BCUT2D eigenvalue weighted by Gasteiger charge is -2.16. The van der Waals surface area contributed by atoms with E-state index in [4.69, 9.17) is 4.42 Å². The molecule has 0 unspecified atom stereocenters. The molecule has 1 aliphatic rings. The number of rotatable bonds is 6. The lowest BCUT2D eigenvalue weighted by molar-refractivity contribution is -0.136. The van der Waals surface area contributed by atoms with Crippen LogP contribution in [0.3, 0.4) is 0 Å². The Morgan fingerprint density at radius 1 is 1.16 bits per heavy atom. The number of carbonyl (C=O) groups excluding carboxylic acids is 3. The van der Waals surface area contributed by atoms with Crippen molar-refractivity contribution in [2.75, 3.05) is 16.8 Å². The molecule has 3 N–H and O–H groups in total. The SMILES string of the molecule is O=C(NCc1ccc([C@H](O)c2ccco2)s1)C(=O)Nc1cccc(N2CCCC2=O)c1. The van der Waals surface area contributed by atoms with Crippen LogP contribution >= 0.6 is 11.3 Å². The summed E-state index contributed by atoms with van der Waals surface area (Å²) in [6.45, 7) is 0.804. The monoisotopic (exact) mass is 439 g/mol. The maximum Gasteiger partial charge on any atom is 0.313 e. The van der Waals surface area contributed by atoms with Crippen molar-refractivity contribution in [1.29, 1.82) is 0 Å². The van der Waals surface area contributed by atoms with E-state index in [2.05, 4.69) is 10.6 Å². The van der Waals surface area contributed by atoms with E-state index in [1.807, 2.05) is 0 Å². The van der Waals surface area contributed by atoms with E-state index in [9.17, 15) is 19.5 Å². The minimum atomic E-state index is -0.873. The van der Waals surface area contributed by atoms with Crippen LogP contribution < -0.4 is 15.5 Å². The van der Waals surface area contributed by atoms with Gasteiger partial charge < -0.3 is 25.1 Å². The molecule has 1 atom stereocenters. The van der Waals surface area contributed by atoms with Gasteiger partial charge in [0.25, 0.3) is 0 Å². The first-order valence-electron chi connectivity index (χ1n) is 9.81. The summed E-state index contributed by atoms with van der Waals surface area (Å²) in [5.74, 6) is -1.08. The first-order chi connectivity index (χ1) is 15.0. The average Bonchev–Trinajstić information content (AvgIpc) is 3.53. The quantitative estimate of drug-likeness (QED) is 0.512. The van der Waals surface area contributed by atoms with Crippen LogP contribution in [0.25, 0.3) is 0 Å². The normalized spacial score (nSPS) is 14.5. The Morgan fingerprint density at radius 3 is 2.77 bits per heavy atom. The highest BCUT2D eigenvalue weighted by molar-refractivity contribution is 7.12. The van der Waals surface area contributed by atoms with Gasteiger partial charge in [-0.05, 0) is 48.9 Å². The van der Waals surface area contributed by atoms with Gasteiger partial charge in [-0.25, -0.2) is 0 Å². The van der Waals surface area contributed by atoms with Crippen LogP contribution in [0.4, 0.5) is 11.4 Å². The van der Waals surface area contributed by atoms with Crippen molar-refractivity contribution in [3.63, 3.8) is 0 Å². The standard InChI is InChI=1S/C22H21N3O5S/c26-19-7-2-10-25(19)15-5-1-4-14(12-15)24-22(29)21(28)23-13-16-8-9-18(31-16)20(27)17-6-3-11-30-17/h1,3-6,8-9,11-12,20,27H,2,7,10,13H2,(H,23,28)(H,24,29)/t20-/m1/s1. The number of amides is 3. The van der Waals surface area contributed by atoms with Crippen LogP contribution in [0, 0.1) is 0 Å². The number of furan rings is 1. The molecular formula is C22H21N3O5S. The molecule has 1 saturated heterocycles. The fourth-order valence-corrected chi connectivity index (χ4v) is 4.28. The van der Waals surface area contributed by atoms with Gasteiger partial charge in [-0.15, -0.1) is 11.3 Å². The molecule has 31 heavy (non-hydrogen) atoms. The van der Waals surface area contributed by atoms with Crippen molar-refractivity contribution in [2.45, 2.75) is 25.5 Å².